The third-order valence-electron chi connectivity index (χ3n) is 6.07. The highest BCUT2D eigenvalue weighted by Gasteiger charge is 2.26. The molecule has 2 atom stereocenters. The van der Waals surface area contributed by atoms with Crippen LogP contribution in [0.1, 0.15) is 70.5 Å². The fourth-order valence-corrected chi connectivity index (χ4v) is 3.90. The molecular formula is C24H40N2O4. The van der Waals surface area contributed by atoms with Crippen molar-refractivity contribution in [2.45, 2.75) is 76.5 Å². The Kier molecular flexibility index (Phi) is 10.1. The first-order chi connectivity index (χ1) is 14.3. The van der Waals surface area contributed by atoms with Crippen LogP contribution >= 0.6 is 0 Å². The van der Waals surface area contributed by atoms with E-state index in [0.717, 1.165) is 50.1 Å². The topological polar surface area (TPSA) is 71.0 Å². The van der Waals surface area contributed by atoms with E-state index in [1.165, 1.54) is 12.8 Å². The van der Waals surface area contributed by atoms with Gasteiger partial charge in [-0.1, -0.05) is 25.0 Å². The largest absolute Gasteiger partial charge is 0.497 e. The normalized spacial score (nSPS) is 17.0. The van der Waals surface area contributed by atoms with E-state index in [4.69, 9.17) is 9.47 Å². The molecular weight excluding hydrogens is 380 g/mol. The second-order valence-electron chi connectivity index (χ2n) is 8.92. The maximum atomic E-state index is 12.6. The molecule has 1 amide bonds. The summed E-state index contributed by atoms with van der Waals surface area (Å²) in [6.07, 6.45) is 5.97. The van der Waals surface area contributed by atoms with Crippen LogP contribution in [0, 0.1) is 0 Å². The van der Waals surface area contributed by atoms with Crippen LogP contribution in [0.5, 0.6) is 5.75 Å². The van der Waals surface area contributed by atoms with Gasteiger partial charge in [0.25, 0.3) is 0 Å². The molecule has 1 heterocycles. The third kappa shape index (κ3) is 8.25. The van der Waals surface area contributed by atoms with Crippen LogP contribution in [0.15, 0.2) is 24.3 Å². The second-order valence-corrected chi connectivity index (χ2v) is 8.92. The zero-order valence-corrected chi connectivity index (χ0v) is 19.2. The van der Waals surface area contributed by atoms with Gasteiger partial charge in [-0.15, -0.1) is 0 Å². The highest BCUT2D eigenvalue weighted by molar-refractivity contribution is 5.76. The Morgan fingerprint density at radius 3 is 2.40 bits per heavy atom. The first-order valence-electron chi connectivity index (χ1n) is 11.2. The van der Waals surface area contributed by atoms with Gasteiger partial charge in [0.1, 0.15) is 11.9 Å². The van der Waals surface area contributed by atoms with E-state index < -0.39 is 6.10 Å². The van der Waals surface area contributed by atoms with E-state index in [1.54, 1.807) is 14.2 Å². The summed E-state index contributed by atoms with van der Waals surface area (Å²) in [6.45, 7) is 6.89. The quantitative estimate of drug-likeness (QED) is 0.476. The molecule has 1 aromatic carbocycles. The van der Waals surface area contributed by atoms with Crippen molar-refractivity contribution in [3.63, 3.8) is 0 Å². The van der Waals surface area contributed by atoms with E-state index in [1.807, 2.05) is 24.3 Å². The molecule has 30 heavy (non-hydrogen) atoms. The lowest BCUT2D eigenvalue weighted by molar-refractivity contribution is -0.123. The number of methoxy groups -OCH3 is 2. The number of aliphatic hydroxyl groups is 1. The van der Waals surface area contributed by atoms with E-state index in [9.17, 15) is 9.90 Å². The fraction of sp³-hybridized carbons (Fsp3) is 0.708. The monoisotopic (exact) mass is 420 g/mol. The molecule has 1 fully saturated rings. The minimum Gasteiger partial charge on any atom is -0.497 e. The Labute approximate surface area is 181 Å². The molecule has 1 aromatic rings. The van der Waals surface area contributed by atoms with Gasteiger partial charge in [0.2, 0.25) is 5.91 Å². The number of aliphatic hydroxyl groups excluding tert-OH is 1. The summed E-state index contributed by atoms with van der Waals surface area (Å²) in [5, 5.41) is 14.1. The summed E-state index contributed by atoms with van der Waals surface area (Å²) in [5.74, 6) is 0.764. The fourth-order valence-electron chi connectivity index (χ4n) is 3.90. The lowest BCUT2D eigenvalue weighted by Gasteiger charge is -2.29. The van der Waals surface area contributed by atoms with Gasteiger partial charge in [-0.3, -0.25) is 4.79 Å². The van der Waals surface area contributed by atoms with Crippen LogP contribution in [0.4, 0.5) is 0 Å². The van der Waals surface area contributed by atoms with Gasteiger partial charge < -0.3 is 24.8 Å². The number of unbranched alkanes of at least 4 members (excludes halogenated alkanes) is 2. The first-order valence-corrected chi connectivity index (χ1v) is 11.2. The van der Waals surface area contributed by atoms with E-state index >= 15 is 0 Å². The average molecular weight is 421 g/mol. The number of nitrogens with one attached hydrogen (secondary N) is 1. The van der Waals surface area contributed by atoms with Gasteiger partial charge >= 0.3 is 0 Å². The third-order valence-corrected chi connectivity index (χ3v) is 6.07. The molecule has 0 unspecified atom stereocenters. The standard InChI is InChI=1S/C24H40N2O4/c1-24(2,30-4)15-7-5-6-10-22(27)25-21(18-26-16-8-9-17-26)23(28)19-11-13-20(29-3)14-12-19/h11-14,21,23,28H,5-10,15-18H2,1-4H3,(H,25,27)/t21-,23+/m1/s1. The van der Waals surface area contributed by atoms with Crippen molar-refractivity contribution >= 4 is 5.91 Å². The molecule has 1 saturated heterocycles. The number of hydrogen-bond donors (Lipinski definition) is 2. The van der Waals surface area contributed by atoms with Crippen molar-refractivity contribution in [1.29, 1.82) is 0 Å². The Balaban J connectivity index is 1.87. The van der Waals surface area contributed by atoms with Crippen LogP contribution in [0.3, 0.4) is 0 Å². The maximum Gasteiger partial charge on any atom is 0.220 e. The van der Waals surface area contributed by atoms with Crippen LogP contribution in [0.25, 0.3) is 0 Å². The smallest absolute Gasteiger partial charge is 0.220 e. The number of ether oxygens (including phenoxy) is 2. The minimum atomic E-state index is -0.747. The van der Waals surface area contributed by atoms with Crippen LogP contribution in [-0.2, 0) is 9.53 Å². The number of carbonyl (C=O) groups excluding carboxylic acids is 1. The SMILES string of the molecule is COc1ccc([C@H](O)[C@@H](CN2CCCC2)NC(=O)CCCCCC(C)(C)OC)cc1. The summed E-state index contributed by atoms with van der Waals surface area (Å²) in [4.78, 5) is 14.9. The number of benzene rings is 1. The molecule has 6 heteroatoms. The molecule has 0 radical (unpaired) electrons. The molecule has 170 valence electrons. The predicted octanol–water partition coefficient (Wildman–Crippen LogP) is 3.68. The average Bonchev–Trinajstić information content (AvgIpc) is 3.25. The van der Waals surface area contributed by atoms with Gasteiger partial charge in [-0.25, -0.2) is 0 Å². The summed E-state index contributed by atoms with van der Waals surface area (Å²) in [5.41, 5.74) is 0.688. The Bertz CT molecular complexity index is 627. The second kappa shape index (κ2) is 12.3. The Hall–Kier alpha value is -1.63. The molecule has 0 aliphatic carbocycles. The number of rotatable bonds is 13. The van der Waals surface area contributed by atoms with Gasteiger partial charge in [0.05, 0.1) is 18.8 Å². The zero-order valence-electron chi connectivity index (χ0n) is 19.2. The van der Waals surface area contributed by atoms with Gasteiger partial charge in [-0.2, -0.15) is 0 Å². The van der Waals surface area contributed by atoms with Crippen LogP contribution < -0.4 is 10.1 Å². The summed E-state index contributed by atoms with van der Waals surface area (Å²) >= 11 is 0. The molecule has 2 rings (SSSR count). The Morgan fingerprint density at radius 2 is 1.80 bits per heavy atom. The number of nitrogens with zero attached hydrogens (tertiary/aromatic N) is 1. The maximum absolute atomic E-state index is 12.6. The van der Waals surface area contributed by atoms with E-state index in [2.05, 4.69) is 24.1 Å². The lowest BCUT2D eigenvalue weighted by atomic mass is 9.99. The molecule has 2 N–H and O–H groups in total. The first kappa shape index (κ1) is 24.6. The van der Waals surface area contributed by atoms with Gasteiger partial charge in [0.15, 0.2) is 0 Å². The Morgan fingerprint density at radius 1 is 1.13 bits per heavy atom. The zero-order chi connectivity index (χ0) is 22.0. The number of likely N-dealkylation sites (tertiary alicyclic amines) is 1. The van der Waals surface area contributed by atoms with Gasteiger partial charge in [-0.05, 0) is 70.3 Å². The predicted molar refractivity (Wildman–Crippen MR) is 120 cm³/mol. The van der Waals surface area contributed by atoms with Crippen molar-refractivity contribution in [2.75, 3.05) is 33.9 Å². The van der Waals surface area contributed by atoms with Crippen LogP contribution in [0.2, 0.25) is 0 Å². The number of carbonyl (C=O) groups is 1. The number of hydrogen-bond acceptors (Lipinski definition) is 5. The van der Waals surface area contributed by atoms with E-state index in [-0.39, 0.29) is 17.6 Å². The summed E-state index contributed by atoms with van der Waals surface area (Å²) < 4.78 is 10.7. The summed E-state index contributed by atoms with van der Waals surface area (Å²) in [7, 11) is 3.36. The molecule has 6 nitrogen and oxygen atoms in total. The summed E-state index contributed by atoms with van der Waals surface area (Å²) in [6, 6.07) is 7.09. The van der Waals surface area contributed by atoms with Crippen molar-refractivity contribution < 1.29 is 19.4 Å². The van der Waals surface area contributed by atoms with E-state index in [0.29, 0.717) is 13.0 Å². The highest BCUT2D eigenvalue weighted by atomic mass is 16.5. The van der Waals surface area contributed by atoms with Crippen molar-refractivity contribution in [3.05, 3.63) is 29.8 Å². The lowest BCUT2D eigenvalue weighted by Crippen LogP contribution is -2.46. The molecule has 0 aromatic heterocycles. The van der Waals surface area contributed by atoms with Gasteiger partial charge in [0, 0.05) is 20.1 Å². The number of amides is 1. The molecule has 1 aliphatic heterocycles. The van der Waals surface area contributed by atoms with Crippen LogP contribution in [-0.4, -0.2) is 61.4 Å². The highest BCUT2D eigenvalue weighted by Crippen LogP contribution is 2.23. The molecule has 0 saturated carbocycles. The molecule has 1 aliphatic rings. The minimum absolute atomic E-state index is 0.0118. The molecule has 0 bridgehead atoms. The molecule has 0 spiro atoms. The van der Waals surface area contributed by atoms with Crippen molar-refractivity contribution in [3.8, 4) is 5.75 Å². The van der Waals surface area contributed by atoms with Crippen molar-refractivity contribution in [1.82, 2.24) is 10.2 Å². The van der Waals surface area contributed by atoms with Crippen molar-refractivity contribution in [2.24, 2.45) is 0 Å².